The molecule has 19 heavy (non-hydrogen) atoms. The minimum absolute atomic E-state index is 0.254. The van der Waals surface area contributed by atoms with Gasteiger partial charge in [-0.25, -0.2) is 0 Å². The first kappa shape index (κ1) is 15.7. The Labute approximate surface area is 118 Å². The number of primary amides is 1. The molecule has 2 N–H and O–H groups in total. The van der Waals surface area contributed by atoms with Gasteiger partial charge in [0, 0.05) is 17.9 Å². The lowest BCUT2D eigenvalue weighted by molar-refractivity contribution is -0.117. The Bertz CT molecular complexity index is 367. The van der Waals surface area contributed by atoms with Crippen LogP contribution in [0.15, 0.2) is 24.3 Å². The first-order valence-corrected chi connectivity index (χ1v) is 7.59. The van der Waals surface area contributed by atoms with Crippen molar-refractivity contribution in [2.75, 3.05) is 24.7 Å². The molecule has 0 aliphatic carbocycles. The molecule has 0 heterocycles. The van der Waals surface area contributed by atoms with Crippen LogP contribution in [0.2, 0.25) is 0 Å². The molecular weight excluding hydrogens is 262 g/mol. The highest BCUT2D eigenvalue weighted by Gasteiger charge is 1.98. The third-order valence-corrected chi connectivity index (χ3v) is 3.23. The molecule has 1 rings (SSSR count). The number of hydrogen-bond donors (Lipinski definition) is 1. The Balaban J connectivity index is 2.14. The highest BCUT2D eigenvalue weighted by molar-refractivity contribution is 7.99. The number of carbonyl (C=O) groups is 1. The monoisotopic (exact) mass is 283 g/mol. The van der Waals surface area contributed by atoms with Gasteiger partial charge in [-0.2, -0.15) is 11.8 Å². The SMILES string of the molecule is CCCOc1ccc(OCCSCCC(N)=O)cc1. The highest BCUT2D eigenvalue weighted by atomic mass is 32.2. The van der Waals surface area contributed by atoms with E-state index in [0.717, 1.165) is 36.0 Å². The van der Waals surface area contributed by atoms with Crippen LogP contribution in [0.1, 0.15) is 19.8 Å². The largest absolute Gasteiger partial charge is 0.494 e. The number of ether oxygens (including phenoxy) is 2. The average molecular weight is 283 g/mol. The summed E-state index contributed by atoms with van der Waals surface area (Å²) in [6.45, 7) is 3.43. The zero-order valence-corrected chi connectivity index (χ0v) is 12.1. The van der Waals surface area contributed by atoms with Crippen molar-refractivity contribution in [2.45, 2.75) is 19.8 Å². The average Bonchev–Trinajstić information content (AvgIpc) is 2.41. The van der Waals surface area contributed by atoms with Gasteiger partial charge in [-0.1, -0.05) is 6.92 Å². The van der Waals surface area contributed by atoms with E-state index in [9.17, 15) is 4.79 Å². The maximum atomic E-state index is 10.5. The molecule has 0 saturated carbocycles. The number of carbonyl (C=O) groups excluding carboxylic acids is 1. The Hall–Kier alpha value is -1.36. The summed E-state index contributed by atoms with van der Waals surface area (Å²) in [4.78, 5) is 10.5. The van der Waals surface area contributed by atoms with Crippen LogP contribution in [0.4, 0.5) is 0 Å². The third kappa shape index (κ3) is 7.62. The van der Waals surface area contributed by atoms with E-state index in [1.807, 2.05) is 24.3 Å². The summed E-state index contributed by atoms with van der Waals surface area (Å²) in [7, 11) is 0. The van der Waals surface area contributed by atoms with E-state index in [1.54, 1.807) is 11.8 Å². The van der Waals surface area contributed by atoms with E-state index in [-0.39, 0.29) is 5.91 Å². The van der Waals surface area contributed by atoms with E-state index in [0.29, 0.717) is 13.0 Å². The smallest absolute Gasteiger partial charge is 0.218 e. The van der Waals surface area contributed by atoms with Crippen molar-refractivity contribution in [1.82, 2.24) is 0 Å². The van der Waals surface area contributed by atoms with Gasteiger partial charge in [0.15, 0.2) is 0 Å². The number of thioether (sulfide) groups is 1. The van der Waals surface area contributed by atoms with Gasteiger partial charge in [-0.15, -0.1) is 0 Å². The van der Waals surface area contributed by atoms with Crippen LogP contribution in [0.5, 0.6) is 11.5 Å². The quantitative estimate of drug-likeness (QED) is 0.670. The molecule has 0 radical (unpaired) electrons. The molecule has 0 unspecified atom stereocenters. The first-order chi connectivity index (χ1) is 9.22. The van der Waals surface area contributed by atoms with Gasteiger partial charge in [0.2, 0.25) is 5.91 Å². The fourth-order valence-corrected chi connectivity index (χ4v) is 2.10. The number of amides is 1. The molecule has 4 nitrogen and oxygen atoms in total. The van der Waals surface area contributed by atoms with Gasteiger partial charge in [0.05, 0.1) is 13.2 Å². The topological polar surface area (TPSA) is 61.6 Å². The Kier molecular flexibility index (Phi) is 7.89. The molecule has 0 fully saturated rings. The van der Waals surface area contributed by atoms with E-state index < -0.39 is 0 Å². The lowest BCUT2D eigenvalue weighted by Gasteiger charge is -2.08. The van der Waals surface area contributed by atoms with Crippen molar-refractivity contribution in [1.29, 1.82) is 0 Å². The Morgan fingerprint density at radius 2 is 1.68 bits per heavy atom. The third-order valence-electron chi connectivity index (χ3n) is 2.29. The molecule has 0 aromatic heterocycles. The summed E-state index contributed by atoms with van der Waals surface area (Å²) in [5.74, 6) is 3.05. The van der Waals surface area contributed by atoms with Crippen molar-refractivity contribution < 1.29 is 14.3 Å². The van der Waals surface area contributed by atoms with E-state index in [4.69, 9.17) is 15.2 Å². The predicted molar refractivity (Wildman–Crippen MR) is 78.9 cm³/mol. The van der Waals surface area contributed by atoms with Gasteiger partial charge < -0.3 is 15.2 Å². The number of nitrogens with two attached hydrogens (primary N) is 1. The van der Waals surface area contributed by atoms with Gasteiger partial charge >= 0.3 is 0 Å². The summed E-state index contributed by atoms with van der Waals surface area (Å²) >= 11 is 1.66. The Morgan fingerprint density at radius 1 is 1.11 bits per heavy atom. The van der Waals surface area contributed by atoms with E-state index in [2.05, 4.69) is 6.92 Å². The predicted octanol–water partition coefficient (Wildman–Crippen LogP) is 2.46. The fraction of sp³-hybridized carbons (Fsp3) is 0.500. The Morgan fingerprint density at radius 3 is 2.21 bits per heavy atom. The van der Waals surface area contributed by atoms with Crippen molar-refractivity contribution in [3.63, 3.8) is 0 Å². The van der Waals surface area contributed by atoms with Gasteiger partial charge in [-0.05, 0) is 30.7 Å². The standard InChI is InChI=1S/C14H21NO3S/c1-2-8-17-12-3-5-13(6-4-12)18-9-11-19-10-7-14(15)16/h3-6H,2,7-11H2,1H3,(H2,15,16). The number of rotatable bonds is 10. The summed E-state index contributed by atoms with van der Waals surface area (Å²) < 4.78 is 11.1. The maximum Gasteiger partial charge on any atom is 0.218 e. The highest BCUT2D eigenvalue weighted by Crippen LogP contribution is 2.18. The first-order valence-electron chi connectivity index (χ1n) is 6.44. The van der Waals surface area contributed by atoms with Crippen LogP contribution in [-0.2, 0) is 4.79 Å². The summed E-state index contributed by atoms with van der Waals surface area (Å²) in [6.07, 6.45) is 1.43. The van der Waals surface area contributed by atoms with Crippen molar-refractivity contribution in [3.8, 4) is 11.5 Å². The van der Waals surface area contributed by atoms with Crippen molar-refractivity contribution in [3.05, 3.63) is 24.3 Å². The second-order valence-corrected chi connectivity index (χ2v) is 5.22. The molecule has 0 spiro atoms. The van der Waals surface area contributed by atoms with E-state index >= 15 is 0 Å². The van der Waals surface area contributed by atoms with Crippen molar-refractivity contribution in [2.24, 2.45) is 5.73 Å². The molecule has 0 aliphatic heterocycles. The lowest BCUT2D eigenvalue weighted by atomic mass is 10.3. The van der Waals surface area contributed by atoms with Crippen LogP contribution in [0.3, 0.4) is 0 Å². The normalized spacial score (nSPS) is 10.2. The van der Waals surface area contributed by atoms with Crippen LogP contribution < -0.4 is 15.2 Å². The number of hydrogen-bond acceptors (Lipinski definition) is 4. The molecule has 1 aromatic carbocycles. The summed E-state index contributed by atoms with van der Waals surface area (Å²) in [5.41, 5.74) is 5.05. The molecule has 1 aromatic rings. The number of benzene rings is 1. The molecule has 0 bridgehead atoms. The van der Waals surface area contributed by atoms with Crippen LogP contribution >= 0.6 is 11.8 Å². The van der Waals surface area contributed by atoms with Crippen molar-refractivity contribution >= 4 is 17.7 Å². The van der Waals surface area contributed by atoms with E-state index in [1.165, 1.54) is 0 Å². The summed E-state index contributed by atoms with van der Waals surface area (Å²) in [5, 5.41) is 0. The van der Waals surface area contributed by atoms with Gasteiger partial charge in [0.1, 0.15) is 11.5 Å². The molecule has 5 heteroatoms. The molecule has 0 aliphatic rings. The minimum Gasteiger partial charge on any atom is -0.494 e. The van der Waals surface area contributed by atoms with Crippen LogP contribution in [0.25, 0.3) is 0 Å². The van der Waals surface area contributed by atoms with Gasteiger partial charge in [0.25, 0.3) is 0 Å². The fourth-order valence-electron chi connectivity index (χ4n) is 1.35. The minimum atomic E-state index is -0.254. The second kappa shape index (κ2) is 9.55. The zero-order chi connectivity index (χ0) is 13.9. The molecule has 0 saturated heterocycles. The van der Waals surface area contributed by atoms with Crippen LogP contribution in [-0.4, -0.2) is 30.6 Å². The summed E-state index contributed by atoms with van der Waals surface area (Å²) in [6, 6.07) is 7.62. The lowest BCUT2D eigenvalue weighted by Crippen LogP contribution is -2.11. The van der Waals surface area contributed by atoms with Gasteiger partial charge in [-0.3, -0.25) is 4.79 Å². The molecular formula is C14H21NO3S. The molecule has 0 atom stereocenters. The second-order valence-electron chi connectivity index (χ2n) is 4.00. The van der Waals surface area contributed by atoms with Crippen LogP contribution in [0, 0.1) is 0 Å². The molecule has 106 valence electrons. The zero-order valence-electron chi connectivity index (χ0n) is 11.3. The molecule has 1 amide bonds. The maximum absolute atomic E-state index is 10.5.